The third-order valence-corrected chi connectivity index (χ3v) is 4.68. The lowest BCUT2D eigenvalue weighted by Crippen LogP contribution is -2.15. The average Bonchev–Trinajstić information content (AvgIpc) is 3.02. The quantitative estimate of drug-likeness (QED) is 0.874. The van der Waals surface area contributed by atoms with E-state index in [0.717, 1.165) is 24.1 Å². The predicted octanol–water partition coefficient (Wildman–Crippen LogP) is 4.22. The number of aromatic amines is 1. The summed E-state index contributed by atoms with van der Waals surface area (Å²) >= 11 is 0. The Hall–Kier alpha value is -1.77. The molecule has 0 spiro atoms. The number of carbonyl (C=O) groups is 1. The van der Waals surface area contributed by atoms with E-state index in [1.165, 1.54) is 23.8 Å². The fourth-order valence-electron chi connectivity index (χ4n) is 3.83. The van der Waals surface area contributed by atoms with E-state index in [1.54, 1.807) is 0 Å². The van der Waals surface area contributed by atoms with Crippen LogP contribution in [0.2, 0.25) is 0 Å². The molecule has 1 fully saturated rings. The summed E-state index contributed by atoms with van der Waals surface area (Å²) in [6, 6.07) is 8.23. The minimum Gasteiger partial charge on any atom is -0.481 e. The van der Waals surface area contributed by atoms with Crippen LogP contribution in [0.15, 0.2) is 24.3 Å². The molecule has 1 aliphatic carbocycles. The van der Waals surface area contributed by atoms with Crippen molar-refractivity contribution in [1.82, 2.24) is 4.98 Å². The van der Waals surface area contributed by atoms with Crippen molar-refractivity contribution >= 4 is 16.9 Å². The Bertz CT molecular complexity index is 623. The molecular formula is C17H21NO2. The van der Waals surface area contributed by atoms with E-state index < -0.39 is 5.97 Å². The maximum Gasteiger partial charge on any atom is 0.303 e. The van der Waals surface area contributed by atoms with Gasteiger partial charge in [-0.15, -0.1) is 0 Å². The first kappa shape index (κ1) is 13.2. The number of fused-ring (bicyclic) bond motifs is 1. The number of para-hydroxylation sites is 1. The van der Waals surface area contributed by atoms with Gasteiger partial charge in [-0.05, 0) is 43.2 Å². The first-order valence-electron chi connectivity index (χ1n) is 7.46. The van der Waals surface area contributed by atoms with Gasteiger partial charge >= 0.3 is 5.97 Å². The molecule has 3 nitrogen and oxygen atoms in total. The average molecular weight is 271 g/mol. The number of aryl methyl sites for hydroxylation is 1. The highest BCUT2D eigenvalue weighted by atomic mass is 16.4. The first-order chi connectivity index (χ1) is 9.66. The van der Waals surface area contributed by atoms with Gasteiger partial charge in [0.1, 0.15) is 0 Å². The molecule has 1 heterocycles. The Labute approximate surface area is 119 Å². The Morgan fingerprint density at radius 3 is 2.75 bits per heavy atom. The van der Waals surface area contributed by atoms with Gasteiger partial charge in [-0.2, -0.15) is 0 Å². The highest BCUT2D eigenvalue weighted by Crippen LogP contribution is 2.43. The Kier molecular flexibility index (Phi) is 3.51. The van der Waals surface area contributed by atoms with E-state index in [1.807, 2.05) is 12.1 Å². The summed E-state index contributed by atoms with van der Waals surface area (Å²) in [7, 11) is 0. The van der Waals surface area contributed by atoms with Gasteiger partial charge in [0.2, 0.25) is 0 Å². The van der Waals surface area contributed by atoms with Crippen LogP contribution in [-0.4, -0.2) is 16.1 Å². The summed E-state index contributed by atoms with van der Waals surface area (Å²) in [5.41, 5.74) is 3.48. The molecular weight excluding hydrogens is 250 g/mol. The first-order valence-corrected chi connectivity index (χ1v) is 7.46. The molecule has 1 aromatic carbocycles. The second-order valence-corrected chi connectivity index (χ2v) is 5.96. The van der Waals surface area contributed by atoms with Gasteiger partial charge in [0.05, 0.1) is 6.42 Å². The third kappa shape index (κ3) is 2.33. The summed E-state index contributed by atoms with van der Waals surface area (Å²) in [6.45, 7) is 2.07. The van der Waals surface area contributed by atoms with Gasteiger partial charge < -0.3 is 10.1 Å². The lowest BCUT2D eigenvalue weighted by Gasteiger charge is -2.22. The fraction of sp³-hybridized carbons (Fsp3) is 0.471. The van der Waals surface area contributed by atoms with Crippen molar-refractivity contribution in [1.29, 1.82) is 0 Å². The molecule has 106 valence electrons. The summed E-state index contributed by atoms with van der Waals surface area (Å²) < 4.78 is 0. The Morgan fingerprint density at radius 2 is 2.05 bits per heavy atom. The fourth-order valence-corrected chi connectivity index (χ4v) is 3.83. The molecule has 2 N–H and O–H groups in total. The number of carboxylic acid groups (broad SMARTS) is 1. The standard InChI is InChI=1S/C17H21NO2/c1-11-17(13-8-4-5-9-15(13)18-11)14(10-16(19)20)12-6-2-3-7-12/h4-5,8-9,12,14,18H,2-3,6-7,10H2,1H3,(H,19,20). The third-order valence-electron chi connectivity index (χ3n) is 4.68. The number of hydrogen-bond acceptors (Lipinski definition) is 1. The van der Waals surface area contributed by atoms with Crippen molar-refractivity contribution in [2.24, 2.45) is 5.92 Å². The van der Waals surface area contributed by atoms with E-state index >= 15 is 0 Å². The Morgan fingerprint density at radius 1 is 1.35 bits per heavy atom. The second kappa shape index (κ2) is 5.31. The van der Waals surface area contributed by atoms with Crippen LogP contribution in [0.4, 0.5) is 0 Å². The van der Waals surface area contributed by atoms with Crippen molar-refractivity contribution in [3.63, 3.8) is 0 Å². The minimum atomic E-state index is -0.688. The minimum absolute atomic E-state index is 0.145. The molecule has 1 aromatic heterocycles. The molecule has 1 saturated carbocycles. The zero-order chi connectivity index (χ0) is 14.1. The van der Waals surface area contributed by atoms with E-state index in [0.29, 0.717) is 5.92 Å². The summed E-state index contributed by atoms with van der Waals surface area (Å²) in [5.74, 6) is -0.0262. The monoisotopic (exact) mass is 271 g/mol. The highest BCUT2D eigenvalue weighted by Gasteiger charge is 2.31. The van der Waals surface area contributed by atoms with Gasteiger partial charge in [-0.3, -0.25) is 4.79 Å². The van der Waals surface area contributed by atoms with Crippen LogP contribution in [-0.2, 0) is 4.79 Å². The van der Waals surface area contributed by atoms with Crippen LogP contribution in [0.3, 0.4) is 0 Å². The lowest BCUT2D eigenvalue weighted by molar-refractivity contribution is -0.137. The lowest BCUT2D eigenvalue weighted by atomic mass is 9.81. The molecule has 20 heavy (non-hydrogen) atoms. The smallest absolute Gasteiger partial charge is 0.303 e. The molecule has 3 rings (SSSR count). The maximum atomic E-state index is 11.3. The van der Waals surface area contributed by atoms with Crippen molar-refractivity contribution in [3.8, 4) is 0 Å². The molecule has 0 saturated heterocycles. The number of aromatic nitrogens is 1. The van der Waals surface area contributed by atoms with Crippen LogP contribution in [0.25, 0.3) is 10.9 Å². The molecule has 0 amide bonds. The van der Waals surface area contributed by atoms with Crippen LogP contribution < -0.4 is 0 Å². The number of carboxylic acids is 1. The molecule has 1 unspecified atom stereocenters. The van der Waals surface area contributed by atoms with Crippen LogP contribution >= 0.6 is 0 Å². The van der Waals surface area contributed by atoms with Crippen molar-refractivity contribution in [3.05, 3.63) is 35.5 Å². The van der Waals surface area contributed by atoms with E-state index in [-0.39, 0.29) is 12.3 Å². The number of rotatable bonds is 4. The van der Waals surface area contributed by atoms with E-state index in [9.17, 15) is 9.90 Å². The highest BCUT2D eigenvalue weighted by molar-refractivity contribution is 5.86. The van der Waals surface area contributed by atoms with Gasteiger partial charge in [0.15, 0.2) is 0 Å². The molecule has 0 bridgehead atoms. The molecule has 1 atom stereocenters. The molecule has 2 aromatic rings. The van der Waals surface area contributed by atoms with E-state index in [4.69, 9.17) is 0 Å². The van der Waals surface area contributed by atoms with Gasteiger partial charge in [0.25, 0.3) is 0 Å². The SMILES string of the molecule is Cc1[nH]c2ccccc2c1C(CC(=O)O)C1CCCC1. The zero-order valence-corrected chi connectivity index (χ0v) is 11.9. The largest absolute Gasteiger partial charge is 0.481 e. The molecule has 0 radical (unpaired) electrons. The van der Waals surface area contributed by atoms with Gasteiger partial charge in [-0.25, -0.2) is 0 Å². The van der Waals surface area contributed by atoms with Gasteiger partial charge in [0, 0.05) is 16.6 Å². The van der Waals surface area contributed by atoms with Gasteiger partial charge in [-0.1, -0.05) is 31.0 Å². The number of benzene rings is 1. The van der Waals surface area contributed by atoms with Crippen LogP contribution in [0.5, 0.6) is 0 Å². The van der Waals surface area contributed by atoms with Crippen molar-refractivity contribution in [2.45, 2.75) is 44.9 Å². The molecule has 1 aliphatic rings. The summed E-state index contributed by atoms with van der Waals surface area (Å²) in [5, 5.41) is 10.5. The van der Waals surface area contributed by atoms with Crippen molar-refractivity contribution in [2.75, 3.05) is 0 Å². The normalized spacial score (nSPS) is 17.6. The molecule has 3 heteroatoms. The summed E-state index contributed by atoms with van der Waals surface area (Å²) in [4.78, 5) is 14.7. The zero-order valence-electron chi connectivity index (χ0n) is 11.9. The number of hydrogen-bond donors (Lipinski definition) is 2. The number of aliphatic carboxylic acids is 1. The van der Waals surface area contributed by atoms with Crippen LogP contribution in [0.1, 0.15) is 49.3 Å². The number of H-pyrrole nitrogens is 1. The van der Waals surface area contributed by atoms with Crippen LogP contribution in [0, 0.1) is 12.8 Å². The van der Waals surface area contributed by atoms with Crippen molar-refractivity contribution < 1.29 is 9.90 Å². The van der Waals surface area contributed by atoms with E-state index in [2.05, 4.69) is 24.0 Å². The topological polar surface area (TPSA) is 53.1 Å². The second-order valence-electron chi connectivity index (χ2n) is 5.96. The number of nitrogens with one attached hydrogen (secondary N) is 1. The Balaban J connectivity index is 2.07. The maximum absolute atomic E-state index is 11.3. The molecule has 0 aliphatic heterocycles. The predicted molar refractivity (Wildman–Crippen MR) is 80.0 cm³/mol. The summed E-state index contributed by atoms with van der Waals surface area (Å²) in [6.07, 6.45) is 5.05.